The first kappa shape index (κ1) is 18.8. The van der Waals surface area contributed by atoms with Crippen LogP contribution in [0.5, 0.6) is 0 Å². The largest absolute Gasteiger partial charge is 0.373 e. The van der Waals surface area contributed by atoms with Gasteiger partial charge in [-0.25, -0.2) is 18.1 Å². The monoisotopic (exact) mass is 380 g/mol. The summed E-state index contributed by atoms with van der Waals surface area (Å²) >= 11 is 0. The molecule has 1 aliphatic heterocycles. The molecule has 1 saturated heterocycles. The van der Waals surface area contributed by atoms with Gasteiger partial charge in [-0.2, -0.15) is 0 Å². The van der Waals surface area contributed by atoms with Crippen molar-refractivity contribution in [2.45, 2.75) is 44.2 Å². The quantitative estimate of drug-likeness (QED) is 0.667. The van der Waals surface area contributed by atoms with Gasteiger partial charge in [0.1, 0.15) is 11.9 Å². The zero-order chi connectivity index (χ0) is 18.9. The highest BCUT2D eigenvalue weighted by atomic mass is 32.2. The zero-order valence-electron chi connectivity index (χ0n) is 14.9. The van der Waals surface area contributed by atoms with E-state index in [4.69, 9.17) is 0 Å². The van der Waals surface area contributed by atoms with Crippen LogP contribution in [0.3, 0.4) is 0 Å². The minimum atomic E-state index is -3.52. The number of likely N-dealkylation sites (tertiary alicyclic amines) is 1. The van der Waals surface area contributed by atoms with Crippen molar-refractivity contribution in [2.75, 3.05) is 18.6 Å². The number of nitrogens with one attached hydrogen (secondary N) is 2. The second kappa shape index (κ2) is 7.32. The molecule has 0 spiro atoms. The maximum atomic E-state index is 12.3. The predicted molar refractivity (Wildman–Crippen MR) is 96.9 cm³/mol. The van der Waals surface area contributed by atoms with E-state index in [1.807, 2.05) is 25.2 Å². The lowest BCUT2D eigenvalue weighted by Crippen LogP contribution is -2.50. The maximum absolute atomic E-state index is 12.3. The van der Waals surface area contributed by atoms with Crippen molar-refractivity contribution < 1.29 is 18.0 Å². The van der Waals surface area contributed by atoms with Gasteiger partial charge in [-0.05, 0) is 43.7 Å². The zero-order valence-corrected chi connectivity index (χ0v) is 15.8. The molecule has 0 bridgehead atoms. The number of hydrogen-bond acceptors (Lipinski definition) is 6. The molecule has 0 aromatic carbocycles. The fraction of sp³-hybridized carbons (Fsp3) is 0.588. The number of sulfonamides is 1. The number of carbonyl (C=O) groups is 2. The van der Waals surface area contributed by atoms with Crippen molar-refractivity contribution in [3.05, 3.63) is 23.9 Å². The molecule has 2 N–H and O–H groups in total. The van der Waals surface area contributed by atoms with Gasteiger partial charge in [0.2, 0.25) is 21.8 Å². The first-order valence-corrected chi connectivity index (χ1v) is 10.6. The molecule has 1 aromatic heterocycles. The minimum Gasteiger partial charge on any atom is -0.373 e. The molecule has 0 unspecified atom stereocenters. The third-order valence-corrected chi connectivity index (χ3v) is 5.70. The first-order valence-electron chi connectivity index (χ1n) is 8.73. The summed E-state index contributed by atoms with van der Waals surface area (Å²) in [5.41, 5.74) is 1.02. The van der Waals surface area contributed by atoms with E-state index in [2.05, 4.69) is 15.0 Å². The molecular weight excluding hydrogens is 356 g/mol. The van der Waals surface area contributed by atoms with E-state index in [-0.39, 0.29) is 18.4 Å². The van der Waals surface area contributed by atoms with E-state index in [0.29, 0.717) is 5.92 Å². The van der Waals surface area contributed by atoms with Crippen LogP contribution in [0.1, 0.15) is 31.4 Å². The first-order chi connectivity index (χ1) is 12.3. The molecule has 142 valence electrons. The molecule has 2 aliphatic rings. The molecule has 1 aromatic rings. The number of amides is 2. The van der Waals surface area contributed by atoms with Gasteiger partial charge in [0.15, 0.2) is 0 Å². The van der Waals surface area contributed by atoms with E-state index in [1.54, 1.807) is 0 Å². The summed E-state index contributed by atoms with van der Waals surface area (Å²) in [5, 5.41) is 3.02. The number of hydrogen-bond donors (Lipinski definition) is 2. The van der Waals surface area contributed by atoms with Crippen LogP contribution in [0, 0.1) is 5.92 Å². The van der Waals surface area contributed by atoms with Gasteiger partial charge in [-0.3, -0.25) is 14.5 Å². The average molecular weight is 380 g/mol. The summed E-state index contributed by atoms with van der Waals surface area (Å²) in [5.74, 6) is 0.574. The summed E-state index contributed by atoms with van der Waals surface area (Å²) < 4.78 is 24.9. The smallest absolute Gasteiger partial charge is 0.248 e. The Balaban J connectivity index is 1.50. The average Bonchev–Trinajstić information content (AvgIpc) is 2.79. The molecular formula is C17H24N4O4S. The number of nitrogens with zero attached hydrogens (tertiary/aromatic N) is 2. The number of carbonyl (C=O) groups excluding carboxylic acids is 2. The second-order valence-electron chi connectivity index (χ2n) is 7.04. The molecule has 1 atom stereocenters. The molecule has 0 radical (unpaired) electrons. The van der Waals surface area contributed by atoms with Crippen LogP contribution in [0.2, 0.25) is 0 Å². The normalized spacial score (nSPS) is 26.1. The van der Waals surface area contributed by atoms with Gasteiger partial charge in [0.05, 0.1) is 12.7 Å². The Kier molecular flexibility index (Phi) is 5.29. The van der Waals surface area contributed by atoms with E-state index in [0.717, 1.165) is 43.5 Å². The number of rotatable bonds is 7. The van der Waals surface area contributed by atoms with E-state index in [9.17, 15) is 18.0 Å². The van der Waals surface area contributed by atoms with Gasteiger partial charge in [0.25, 0.3) is 0 Å². The van der Waals surface area contributed by atoms with E-state index >= 15 is 0 Å². The minimum absolute atomic E-state index is 0.0895. The van der Waals surface area contributed by atoms with Crippen LogP contribution in [0.4, 0.5) is 5.82 Å². The molecule has 1 aliphatic carbocycles. The molecule has 3 rings (SSSR count). The highest BCUT2D eigenvalue weighted by Gasteiger charge is 2.47. The number of imide groups is 1. The number of anilines is 1. The Morgan fingerprint density at radius 2 is 2.00 bits per heavy atom. The van der Waals surface area contributed by atoms with Crippen molar-refractivity contribution in [1.29, 1.82) is 0 Å². The lowest BCUT2D eigenvalue weighted by Gasteiger charge is -2.40. The lowest BCUT2D eigenvalue weighted by molar-refractivity contribution is -0.144. The molecule has 9 heteroatoms. The van der Waals surface area contributed by atoms with Crippen molar-refractivity contribution in [3.8, 4) is 0 Å². The fourth-order valence-corrected chi connectivity index (χ4v) is 4.34. The van der Waals surface area contributed by atoms with Gasteiger partial charge in [-0.1, -0.05) is 6.07 Å². The Hall–Kier alpha value is -2.00. The second-order valence-corrected chi connectivity index (χ2v) is 8.82. The molecule has 2 amide bonds. The van der Waals surface area contributed by atoms with Crippen LogP contribution in [0.25, 0.3) is 0 Å². The van der Waals surface area contributed by atoms with Gasteiger partial charge in [-0.15, -0.1) is 0 Å². The molecule has 8 nitrogen and oxygen atoms in total. The Labute approximate surface area is 153 Å². The number of aryl methyl sites for hydroxylation is 1. The standard InChI is InChI=1S/C17H24N4O4S/c1-18-15-5-3-4-12(19-15)7-6-11-8-13(9-11)21-16(22)10-14(17(21)23)20-26(2,24)25/h3-5,11,13-14,20H,6-10H2,1-2H3,(H,18,19)/t11?,13?,14-/m0/s1. The predicted octanol–water partition coefficient (Wildman–Crippen LogP) is 0.511. The maximum Gasteiger partial charge on any atom is 0.248 e. The lowest BCUT2D eigenvalue weighted by atomic mass is 9.76. The summed E-state index contributed by atoms with van der Waals surface area (Å²) in [6, 6.07) is 4.81. The van der Waals surface area contributed by atoms with Gasteiger partial charge < -0.3 is 5.32 Å². The fourth-order valence-electron chi connectivity index (χ4n) is 3.64. The molecule has 1 saturated carbocycles. The highest BCUT2D eigenvalue weighted by molar-refractivity contribution is 7.88. The third kappa shape index (κ3) is 4.21. The SMILES string of the molecule is CNc1cccc(CCC2CC(N3C(=O)C[C@H](NS(C)(=O)=O)C3=O)C2)n1. The Morgan fingerprint density at radius 1 is 1.27 bits per heavy atom. The van der Waals surface area contributed by atoms with Crippen LogP contribution in [0.15, 0.2) is 18.2 Å². The number of pyridine rings is 1. The summed E-state index contributed by atoms with van der Waals surface area (Å²) in [6.45, 7) is 0. The third-order valence-electron chi connectivity index (χ3n) is 4.99. The Morgan fingerprint density at radius 3 is 2.65 bits per heavy atom. The molecule has 2 fully saturated rings. The number of aromatic nitrogens is 1. The van der Waals surface area contributed by atoms with Crippen LogP contribution < -0.4 is 10.0 Å². The van der Waals surface area contributed by atoms with Crippen LogP contribution in [-0.2, 0) is 26.0 Å². The van der Waals surface area contributed by atoms with Crippen molar-refractivity contribution in [1.82, 2.24) is 14.6 Å². The molecule has 2 heterocycles. The van der Waals surface area contributed by atoms with Gasteiger partial charge >= 0.3 is 0 Å². The van der Waals surface area contributed by atoms with E-state index in [1.165, 1.54) is 4.90 Å². The molecule has 26 heavy (non-hydrogen) atoms. The summed E-state index contributed by atoms with van der Waals surface area (Å²) in [6.07, 6.45) is 4.26. The Bertz CT molecular complexity index is 805. The summed E-state index contributed by atoms with van der Waals surface area (Å²) in [7, 11) is -1.69. The summed E-state index contributed by atoms with van der Waals surface area (Å²) in [4.78, 5) is 30.2. The van der Waals surface area contributed by atoms with Crippen molar-refractivity contribution >= 4 is 27.7 Å². The topological polar surface area (TPSA) is 108 Å². The highest BCUT2D eigenvalue weighted by Crippen LogP contribution is 2.37. The van der Waals surface area contributed by atoms with Gasteiger partial charge in [0, 0.05) is 18.8 Å². The van der Waals surface area contributed by atoms with Crippen LogP contribution in [-0.4, -0.2) is 55.5 Å². The van der Waals surface area contributed by atoms with Crippen molar-refractivity contribution in [3.63, 3.8) is 0 Å². The van der Waals surface area contributed by atoms with Crippen molar-refractivity contribution in [2.24, 2.45) is 5.92 Å². The van der Waals surface area contributed by atoms with Crippen LogP contribution >= 0.6 is 0 Å². The van der Waals surface area contributed by atoms with E-state index < -0.39 is 22.0 Å².